The second-order valence-electron chi connectivity index (χ2n) is 4.04. The molecule has 0 fully saturated rings. The van der Waals surface area contributed by atoms with Crippen molar-refractivity contribution in [2.24, 2.45) is 0 Å². The molecule has 4 nitrogen and oxygen atoms in total. The van der Waals surface area contributed by atoms with Gasteiger partial charge in [0.1, 0.15) is 0 Å². The van der Waals surface area contributed by atoms with Crippen LogP contribution in [0, 0.1) is 0 Å². The fraction of sp³-hybridized carbons (Fsp3) is 0.143. The number of carboxylic acids is 2. The number of benzene rings is 2. The Morgan fingerprint density at radius 3 is 2.37 bits per heavy atom. The molecule has 0 aliphatic rings. The SMILES string of the molecule is O=C([O-])CC(C(=O)O)c1cccc2ccccc12.[K+]. The van der Waals surface area contributed by atoms with Gasteiger partial charge in [0.2, 0.25) is 0 Å². The van der Waals surface area contributed by atoms with Crippen LogP contribution in [-0.2, 0) is 9.59 Å². The van der Waals surface area contributed by atoms with Gasteiger partial charge in [-0.05, 0) is 16.3 Å². The standard InChI is InChI=1S/C14H12O4.K/c15-13(16)8-12(14(17)18)11-7-3-5-9-4-1-2-6-10(9)11;/h1-7,12H,8H2,(H,15,16)(H,17,18);/q;+1/p-1. The molecule has 92 valence electrons. The number of hydrogen-bond donors (Lipinski definition) is 1. The molecule has 1 atom stereocenters. The van der Waals surface area contributed by atoms with Crippen LogP contribution in [0.4, 0.5) is 0 Å². The zero-order valence-corrected chi connectivity index (χ0v) is 13.6. The van der Waals surface area contributed by atoms with Crippen LogP contribution < -0.4 is 56.5 Å². The number of carbonyl (C=O) groups is 2. The fourth-order valence-electron chi connectivity index (χ4n) is 2.05. The maximum Gasteiger partial charge on any atom is 1.00 e. The summed E-state index contributed by atoms with van der Waals surface area (Å²) in [6.45, 7) is 0. The molecule has 0 saturated heterocycles. The molecular formula is C14H11KO4. The molecule has 1 unspecified atom stereocenters. The molecule has 0 spiro atoms. The van der Waals surface area contributed by atoms with Crippen LogP contribution in [0.3, 0.4) is 0 Å². The van der Waals surface area contributed by atoms with Crippen LogP contribution in [0.5, 0.6) is 0 Å². The zero-order chi connectivity index (χ0) is 13.1. The van der Waals surface area contributed by atoms with Gasteiger partial charge in [-0.3, -0.25) is 4.79 Å². The summed E-state index contributed by atoms with van der Waals surface area (Å²) in [5, 5.41) is 21.4. The molecule has 5 heteroatoms. The summed E-state index contributed by atoms with van der Waals surface area (Å²) in [7, 11) is 0. The second kappa shape index (κ2) is 7.16. The van der Waals surface area contributed by atoms with Gasteiger partial charge in [0.25, 0.3) is 0 Å². The largest absolute Gasteiger partial charge is 1.00 e. The Morgan fingerprint density at radius 1 is 1.11 bits per heavy atom. The minimum absolute atomic E-state index is 0. The van der Waals surface area contributed by atoms with Gasteiger partial charge in [0.15, 0.2) is 0 Å². The van der Waals surface area contributed by atoms with E-state index in [-0.39, 0.29) is 51.4 Å². The Labute approximate surface area is 152 Å². The van der Waals surface area contributed by atoms with Crippen LogP contribution >= 0.6 is 0 Å². The van der Waals surface area contributed by atoms with Gasteiger partial charge in [-0.2, -0.15) is 0 Å². The van der Waals surface area contributed by atoms with Crippen LogP contribution in [0.25, 0.3) is 10.8 Å². The van der Waals surface area contributed by atoms with Crippen molar-refractivity contribution >= 4 is 22.7 Å². The van der Waals surface area contributed by atoms with E-state index in [9.17, 15) is 14.7 Å². The molecule has 2 aromatic rings. The van der Waals surface area contributed by atoms with Crippen molar-refractivity contribution in [2.45, 2.75) is 12.3 Å². The Balaban J connectivity index is 0.00000180. The van der Waals surface area contributed by atoms with Gasteiger partial charge in [0, 0.05) is 12.4 Å². The normalized spacial score (nSPS) is 11.6. The third-order valence-corrected chi connectivity index (χ3v) is 2.87. The molecule has 0 saturated carbocycles. The fourth-order valence-corrected chi connectivity index (χ4v) is 2.05. The van der Waals surface area contributed by atoms with E-state index in [4.69, 9.17) is 5.11 Å². The summed E-state index contributed by atoms with van der Waals surface area (Å²) in [5.74, 6) is -3.60. The van der Waals surface area contributed by atoms with Crippen LogP contribution in [0.1, 0.15) is 17.9 Å². The van der Waals surface area contributed by atoms with Crippen molar-refractivity contribution in [2.75, 3.05) is 0 Å². The minimum atomic E-state index is -1.37. The van der Waals surface area contributed by atoms with E-state index < -0.39 is 24.3 Å². The van der Waals surface area contributed by atoms with Crippen molar-refractivity contribution in [3.63, 3.8) is 0 Å². The summed E-state index contributed by atoms with van der Waals surface area (Å²) in [4.78, 5) is 21.8. The minimum Gasteiger partial charge on any atom is -0.550 e. The summed E-state index contributed by atoms with van der Waals surface area (Å²) < 4.78 is 0. The van der Waals surface area contributed by atoms with Gasteiger partial charge in [-0.15, -0.1) is 0 Å². The monoisotopic (exact) mass is 282 g/mol. The smallest absolute Gasteiger partial charge is 0.550 e. The van der Waals surface area contributed by atoms with Crippen molar-refractivity contribution in [3.8, 4) is 0 Å². The number of fused-ring (bicyclic) bond motifs is 1. The van der Waals surface area contributed by atoms with Crippen molar-refractivity contribution in [1.82, 2.24) is 0 Å². The third kappa shape index (κ3) is 3.87. The van der Waals surface area contributed by atoms with E-state index in [1.54, 1.807) is 24.3 Å². The van der Waals surface area contributed by atoms with Gasteiger partial charge in [-0.1, -0.05) is 42.5 Å². The molecular weight excluding hydrogens is 271 g/mol. The predicted molar refractivity (Wildman–Crippen MR) is 63.9 cm³/mol. The quantitative estimate of drug-likeness (QED) is 0.668. The Hall–Kier alpha value is -0.724. The van der Waals surface area contributed by atoms with Crippen molar-refractivity contribution in [1.29, 1.82) is 0 Å². The molecule has 0 aliphatic heterocycles. The number of rotatable bonds is 4. The van der Waals surface area contributed by atoms with Gasteiger partial charge < -0.3 is 15.0 Å². The first kappa shape index (κ1) is 16.3. The van der Waals surface area contributed by atoms with E-state index >= 15 is 0 Å². The molecule has 0 radical (unpaired) electrons. The summed E-state index contributed by atoms with van der Waals surface area (Å²) in [6.07, 6.45) is -0.524. The van der Waals surface area contributed by atoms with E-state index in [0.29, 0.717) is 5.56 Å². The van der Waals surface area contributed by atoms with Crippen LogP contribution in [0.15, 0.2) is 42.5 Å². The molecule has 19 heavy (non-hydrogen) atoms. The summed E-state index contributed by atoms with van der Waals surface area (Å²) in [5.41, 5.74) is 0.504. The van der Waals surface area contributed by atoms with Crippen molar-refractivity contribution in [3.05, 3.63) is 48.0 Å². The average molecular weight is 282 g/mol. The zero-order valence-electron chi connectivity index (χ0n) is 10.5. The number of carboxylic acid groups (broad SMARTS) is 2. The van der Waals surface area contributed by atoms with Crippen molar-refractivity contribution < 1.29 is 71.2 Å². The Morgan fingerprint density at radius 2 is 1.74 bits per heavy atom. The topological polar surface area (TPSA) is 77.4 Å². The van der Waals surface area contributed by atoms with Crippen LogP contribution in [-0.4, -0.2) is 17.0 Å². The van der Waals surface area contributed by atoms with Gasteiger partial charge in [-0.25, -0.2) is 0 Å². The van der Waals surface area contributed by atoms with Crippen LogP contribution in [0.2, 0.25) is 0 Å². The molecule has 0 heterocycles. The molecule has 2 rings (SSSR count). The number of hydrogen-bond acceptors (Lipinski definition) is 3. The second-order valence-corrected chi connectivity index (χ2v) is 4.04. The summed E-state index contributed by atoms with van der Waals surface area (Å²) in [6, 6.07) is 12.5. The van der Waals surface area contributed by atoms with E-state index in [0.717, 1.165) is 10.8 Å². The molecule has 0 amide bonds. The molecule has 1 N–H and O–H groups in total. The maximum absolute atomic E-state index is 11.2. The molecule has 0 aromatic heterocycles. The Kier molecular flexibility index (Phi) is 6.16. The molecule has 0 aliphatic carbocycles. The Bertz CT molecular complexity index is 604. The first-order valence-electron chi connectivity index (χ1n) is 5.50. The van der Waals surface area contributed by atoms with Gasteiger partial charge >= 0.3 is 57.4 Å². The van der Waals surface area contributed by atoms with E-state index in [2.05, 4.69) is 0 Å². The van der Waals surface area contributed by atoms with E-state index in [1.807, 2.05) is 18.2 Å². The van der Waals surface area contributed by atoms with Gasteiger partial charge in [0.05, 0.1) is 5.92 Å². The maximum atomic E-state index is 11.2. The summed E-state index contributed by atoms with van der Waals surface area (Å²) >= 11 is 0. The number of carbonyl (C=O) groups excluding carboxylic acids is 1. The molecule has 2 aromatic carbocycles. The first-order valence-corrected chi connectivity index (χ1v) is 5.50. The number of aliphatic carboxylic acids is 2. The first-order chi connectivity index (χ1) is 8.59. The molecule has 0 bridgehead atoms. The average Bonchev–Trinajstić information content (AvgIpc) is 2.35. The third-order valence-electron chi connectivity index (χ3n) is 2.87. The van der Waals surface area contributed by atoms with E-state index in [1.165, 1.54) is 0 Å². The predicted octanol–water partition coefficient (Wildman–Crippen LogP) is -1.85.